The van der Waals surface area contributed by atoms with Gasteiger partial charge in [0.05, 0.1) is 25.6 Å². The predicted octanol–water partition coefficient (Wildman–Crippen LogP) is 6.32. The number of fused-ring (bicyclic) bond motifs is 1. The van der Waals surface area contributed by atoms with Crippen LogP contribution in [0, 0.1) is 0 Å². The second kappa shape index (κ2) is 10.8. The van der Waals surface area contributed by atoms with Gasteiger partial charge in [0.25, 0.3) is 0 Å². The average molecular weight is 498 g/mol. The highest BCUT2D eigenvalue weighted by Crippen LogP contribution is 2.42. The summed E-state index contributed by atoms with van der Waals surface area (Å²) in [7, 11) is 3.19. The summed E-state index contributed by atoms with van der Waals surface area (Å²) >= 11 is 0. The highest BCUT2D eigenvalue weighted by atomic mass is 16.5. The summed E-state index contributed by atoms with van der Waals surface area (Å²) in [5.41, 5.74) is 5.26. The first-order valence-corrected chi connectivity index (χ1v) is 13.0. The second-order valence-corrected chi connectivity index (χ2v) is 10.0. The molecule has 1 fully saturated rings. The Hall–Kier alpha value is -3.64. The van der Waals surface area contributed by atoms with Gasteiger partial charge in [0.15, 0.2) is 11.5 Å². The van der Waals surface area contributed by atoms with Gasteiger partial charge in [-0.3, -0.25) is 14.7 Å². The van der Waals surface area contributed by atoms with E-state index in [2.05, 4.69) is 48.3 Å². The molecule has 6 heteroatoms. The van der Waals surface area contributed by atoms with Gasteiger partial charge in [0.1, 0.15) is 5.92 Å². The van der Waals surface area contributed by atoms with E-state index in [9.17, 15) is 4.79 Å². The molecule has 0 aliphatic carbocycles. The first kappa shape index (κ1) is 25.0. The number of piperidine rings is 1. The first-order valence-electron chi connectivity index (χ1n) is 13.0. The Morgan fingerprint density at radius 1 is 0.946 bits per heavy atom. The minimum Gasteiger partial charge on any atom is -0.493 e. The minimum atomic E-state index is -0.563. The number of amides is 1. The van der Waals surface area contributed by atoms with Crippen molar-refractivity contribution in [2.45, 2.75) is 57.7 Å². The molecule has 0 radical (unpaired) electrons. The van der Waals surface area contributed by atoms with Gasteiger partial charge in [0.2, 0.25) is 5.91 Å². The Bertz CT molecular complexity index is 1280. The molecular weight excluding hydrogens is 462 g/mol. The van der Waals surface area contributed by atoms with Crippen LogP contribution in [-0.2, 0) is 11.3 Å². The molecule has 3 aromatic carbocycles. The standard InChI is InChI=1S/C31H35N3O3/c1-20-9-8-10-21(2)34(20)19-22-13-15-24(16-14-22)32-30(23-11-6-5-7-12-23)29-25-17-27(36-3)28(37-4)18-26(25)33-31(29)35/h5-7,11-18,20-21,29H,8-10,19H2,1-4H3,(H,33,35). The van der Waals surface area contributed by atoms with Gasteiger partial charge in [-0.05, 0) is 61.6 Å². The molecule has 1 N–H and O–H groups in total. The van der Waals surface area contributed by atoms with Crippen molar-refractivity contribution in [3.8, 4) is 11.5 Å². The van der Waals surface area contributed by atoms with Crippen molar-refractivity contribution in [3.63, 3.8) is 0 Å². The molecule has 0 bridgehead atoms. The number of anilines is 1. The molecule has 192 valence electrons. The monoisotopic (exact) mass is 497 g/mol. The van der Waals surface area contributed by atoms with E-state index in [0.29, 0.717) is 29.3 Å². The summed E-state index contributed by atoms with van der Waals surface area (Å²) in [6.07, 6.45) is 3.83. The van der Waals surface area contributed by atoms with Gasteiger partial charge in [-0.25, -0.2) is 0 Å². The van der Waals surface area contributed by atoms with Crippen molar-refractivity contribution in [1.29, 1.82) is 0 Å². The number of aliphatic imine (C=N–C) groups is 1. The van der Waals surface area contributed by atoms with Crippen LogP contribution in [0.25, 0.3) is 0 Å². The molecule has 1 amide bonds. The molecule has 2 aliphatic heterocycles. The fourth-order valence-corrected chi connectivity index (χ4v) is 5.58. The maximum atomic E-state index is 13.3. The highest BCUT2D eigenvalue weighted by Gasteiger charge is 2.36. The van der Waals surface area contributed by atoms with Crippen LogP contribution in [0.4, 0.5) is 11.4 Å². The average Bonchev–Trinajstić information content (AvgIpc) is 3.24. The van der Waals surface area contributed by atoms with E-state index in [1.54, 1.807) is 14.2 Å². The third-order valence-corrected chi connectivity index (χ3v) is 7.66. The second-order valence-electron chi connectivity index (χ2n) is 10.0. The van der Waals surface area contributed by atoms with E-state index in [4.69, 9.17) is 14.5 Å². The van der Waals surface area contributed by atoms with E-state index in [1.165, 1.54) is 24.8 Å². The molecule has 5 rings (SSSR count). The molecule has 2 aliphatic rings. The maximum absolute atomic E-state index is 13.3. The Kier molecular flexibility index (Phi) is 7.28. The smallest absolute Gasteiger partial charge is 0.238 e. The number of carbonyl (C=O) groups excluding carboxylic acids is 1. The van der Waals surface area contributed by atoms with E-state index in [0.717, 1.165) is 29.0 Å². The van der Waals surface area contributed by atoms with Gasteiger partial charge in [-0.2, -0.15) is 0 Å². The molecule has 3 unspecified atom stereocenters. The zero-order chi connectivity index (χ0) is 25.9. The summed E-state index contributed by atoms with van der Waals surface area (Å²) in [4.78, 5) is 20.9. The molecule has 0 saturated carbocycles. The van der Waals surface area contributed by atoms with Crippen LogP contribution in [-0.4, -0.2) is 42.8 Å². The molecule has 0 aromatic heterocycles. The Morgan fingerprint density at radius 3 is 2.24 bits per heavy atom. The number of ether oxygens (including phenoxy) is 2. The Balaban J connectivity index is 1.50. The SMILES string of the molecule is COc1cc2c(cc1OC)C(C(=Nc1ccc(CN3C(C)CCCC3C)cc1)c1ccccc1)C(=O)N2. The number of methoxy groups -OCH3 is 2. The summed E-state index contributed by atoms with van der Waals surface area (Å²) in [6, 6.07) is 23.2. The van der Waals surface area contributed by atoms with Crippen molar-refractivity contribution < 1.29 is 14.3 Å². The van der Waals surface area contributed by atoms with Crippen LogP contribution >= 0.6 is 0 Å². The lowest BCUT2D eigenvalue weighted by Crippen LogP contribution is -2.42. The summed E-state index contributed by atoms with van der Waals surface area (Å²) in [5, 5.41) is 3.01. The van der Waals surface area contributed by atoms with Gasteiger partial charge in [-0.1, -0.05) is 48.9 Å². The van der Waals surface area contributed by atoms with Crippen molar-refractivity contribution >= 4 is 23.0 Å². The van der Waals surface area contributed by atoms with E-state index >= 15 is 0 Å². The topological polar surface area (TPSA) is 63.2 Å². The first-order chi connectivity index (χ1) is 18.0. The summed E-state index contributed by atoms with van der Waals surface area (Å²) < 4.78 is 11.0. The number of nitrogens with zero attached hydrogens (tertiary/aromatic N) is 2. The van der Waals surface area contributed by atoms with Gasteiger partial charge >= 0.3 is 0 Å². The molecule has 6 nitrogen and oxygen atoms in total. The van der Waals surface area contributed by atoms with Crippen LogP contribution in [0.2, 0.25) is 0 Å². The summed E-state index contributed by atoms with van der Waals surface area (Å²) in [5.74, 6) is 0.485. The Labute approximate surface area is 219 Å². The number of rotatable bonds is 7. The predicted molar refractivity (Wildman–Crippen MR) is 148 cm³/mol. The number of likely N-dealkylation sites (tertiary alicyclic amines) is 1. The normalized spacial score (nSPS) is 21.9. The molecular formula is C31H35N3O3. The van der Waals surface area contributed by atoms with E-state index < -0.39 is 5.92 Å². The van der Waals surface area contributed by atoms with Gasteiger partial charge in [-0.15, -0.1) is 0 Å². The zero-order valence-corrected chi connectivity index (χ0v) is 22.0. The molecule has 37 heavy (non-hydrogen) atoms. The lowest BCUT2D eigenvalue weighted by Gasteiger charge is -2.39. The van der Waals surface area contributed by atoms with Crippen molar-refractivity contribution in [2.75, 3.05) is 19.5 Å². The van der Waals surface area contributed by atoms with Crippen LogP contribution in [0.3, 0.4) is 0 Å². The van der Waals surface area contributed by atoms with Crippen LogP contribution in [0.5, 0.6) is 11.5 Å². The molecule has 3 atom stereocenters. The number of carbonyl (C=O) groups is 1. The van der Waals surface area contributed by atoms with Gasteiger partial charge in [0, 0.05) is 30.4 Å². The number of hydrogen-bond donors (Lipinski definition) is 1. The maximum Gasteiger partial charge on any atom is 0.238 e. The fraction of sp³-hybridized carbons (Fsp3) is 0.355. The number of hydrogen-bond acceptors (Lipinski definition) is 5. The highest BCUT2D eigenvalue weighted by molar-refractivity contribution is 6.24. The lowest BCUT2D eigenvalue weighted by atomic mass is 9.90. The third kappa shape index (κ3) is 5.12. The third-order valence-electron chi connectivity index (χ3n) is 7.66. The molecule has 0 spiro atoms. The van der Waals surface area contributed by atoms with Crippen LogP contribution in [0.15, 0.2) is 71.7 Å². The van der Waals surface area contributed by atoms with Crippen molar-refractivity contribution in [3.05, 3.63) is 83.4 Å². The van der Waals surface area contributed by atoms with E-state index in [1.807, 2.05) is 42.5 Å². The lowest BCUT2D eigenvalue weighted by molar-refractivity contribution is -0.115. The summed E-state index contributed by atoms with van der Waals surface area (Å²) in [6.45, 7) is 5.60. The Morgan fingerprint density at radius 2 is 1.59 bits per heavy atom. The van der Waals surface area contributed by atoms with E-state index in [-0.39, 0.29) is 5.91 Å². The molecule has 3 aromatic rings. The van der Waals surface area contributed by atoms with Crippen LogP contribution in [0.1, 0.15) is 55.7 Å². The van der Waals surface area contributed by atoms with Crippen LogP contribution < -0.4 is 14.8 Å². The van der Waals surface area contributed by atoms with Crippen molar-refractivity contribution in [2.24, 2.45) is 4.99 Å². The number of nitrogens with one attached hydrogen (secondary N) is 1. The largest absolute Gasteiger partial charge is 0.493 e. The number of benzene rings is 3. The van der Waals surface area contributed by atoms with Crippen molar-refractivity contribution in [1.82, 2.24) is 4.90 Å². The molecule has 1 saturated heterocycles. The zero-order valence-electron chi connectivity index (χ0n) is 22.0. The molecule has 2 heterocycles. The fourth-order valence-electron chi connectivity index (χ4n) is 5.58. The quantitative estimate of drug-likeness (QED) is 0.388. The minimum absolute atomic E-state index is 0.113. The van der Waals surface area contributed by atoms with Gasteiger partial charge < -0.3 is 14.8 Å².